The van der Waals surface area contributed by atoms with E-state index in [4.69, 9.17) is 4.18 Å². The topological polar surface area (TPSA) is 33.3 Å². The van der Waals surface area contributed by atoms with E-state index in [1.165, 1.54) is 6.07 Å². The zero-order valence-corrected chi connectivity index (χ0v) is 11.6. The molecule has 2 rings (SSSR count). The number of hydrogen-bond acceptors (Lipinski definition) is 4. The highest BCUT2D eigenvalue weighted by Crippen LogP contribution is 2.31. The summed E-state index contributed by atoms with van der Waals surface area (Å²) < 4.78 is 21.7. The molecule has 0 saturated carbocycles. The molecule has 0 aliphatic carbocycles. The largest absolute Gasteiger partial charge is 0.386 e. The zero-order chi connectivity index (χ0) is 13.7. The molecule has 0 amide bonds. The third-order valence-corrected chi connectivity index (χ3v) is 3.18. The maximum atomic E-state index is 13.8. The summed E-state index contributed by atoms with van der Waals surface area (Å²) in [7, 11) is 3.41. The monoisotopic (exact) mass is 278 g/mol. The van der Waals surface area contributed by atoms with Crippen LogP contribution in [-0.4, -0.2) is 14.2 Å². The van der Waals surface area contributed by atoms with Crippen molar-refractivity contribution in [1.29, 1.82) is 0 Å². The molecule has 2 aromatic rings. The quantitative estimate of drug-likeness (QED) is 0.635. The minimum absolute atomic E-state index is 0.225. The first-order chi connectivity index (χ1) is 9.26. The number of rotatable bonds is 5. The number of nitrogens with one attached hydrogen (secondary N) is 2. The second-order valence-corrected chi connectivity index (χ2v) is 4.55. The third-order valence-electron chi connectivity index (χ3n) is 2.71. The van der Waals surface area contributed by atoms with E-state index < -0.39 is 0 Å². The average Bonchev–Trinajstić information content (AvgIpc) is 2.45. The Morgan fingerprint density at radius 2 is 1.89 bits per heavy atom. The van der Waals surface area contributed by atoms with Crippen LogP contribution in [0.25, 0.3) is 11.1 Å². The van der Waals surface area contributed by atoms with E-state index in [1.54, 1.807) is 19.2 Å². The van der Waals surface area contributed by atoms with Crippen LogP contribution in [0.4, 0.5) is 15.8 Å². The van der Waals surface area contributed by atoms with Crippen LogP contribution in [0.1, 0.15) is 0 Å². The second kappa shape index (κ2) is 6.45. The lowest BCUT2D eigenvalue weighted by molar-refractivity contribution is 0.492. The standard InChI is InChI=1S/C14H15FN2OS/c1-16-14-9-10(7-8-13(14)17-19-18-2)11-5-3-4-6-12(11)15/h3-9,16-17H,1-2H3. The Hall–Kier alpha value is -1.72. The maximum Gasteiger partial charge on any atom is 0.131 e. The number of hydrogen-bond donors (Lipinski definition) is 2. The lowest BCUT2D eigenvalue weighted by Gasteiger charge is -2.12. The molecular weight excluding hydrogens is 263 g/mol. The molecule has 2 aromatic carbocycles. The van der Waals surface area contributed by atoms with Crippen molar-refractivity contribution in [3.63, 3.8) is 0 Å². The van der Waals surface area contributed by atoms with E-state index in [9.17, 15) is 4.39 Å². The van der Waals surface area contributed by atoms with Gasteiger partial charge in [-0.25, -0.2) is 4.39 Å². The van der Waals surface area contributed by atoms with Crippen molar-refractivity contribution in [2.24, 2.45) is 0 Å². The first-order valence-corrected chi connectivity index (χ1v) is 6.52. The van der Waals surface area contributed by atoms with Crippen LogP contribution in [0.15, 0.2) is 42.5 Å². The van der Waals surface area contributed by atoms with Crippen LogP contribution in [0, 0.1) is 5.82 Å². The van der Waals surface area contributed by atoms with Gasteiger partial charge in [0, 0.05) is 12.6 Å². The molecule has 0 spiro atoms. The van der Waals surface area contributed by atoms with Crippen LogP contribution < -0.4 is 10.0 Å². The van der Waals surface area contributed by atoms with E-state index in [0.717, 1.165) is 29.2 Å². The molecule has 0 atom stereocenters. The van der Waals surface area contributed by atoms with E-state index in [1.807, 2.05) is 31.3 Å². The summed E-state index contributed by atoms with van der Waals surface area (Å²) in [6.45, 7) is 0. The molecule has 0 fully saturated rings. The highest BCUT2D eigenvalue weighted by Gasteiger charge is 2.07. The molecule has 5 heteroatoms. The van der Waals surface area contributed by atoms with Gasteiger partial charge < -0.3 is 14.2 Å². The van der Waals surface area contributed by atoms with Gasteiger partial charge in [0.2, 0.25) is 0 Å². The summed E-state index contributed by atoms with van der Waals surface area (Å²) in [5, 5.41) is 3.08. The molecule has 0 saturated heterocycles. The summed E-state index contributed by atoms with van der Waals surface area (Å²) in [5.41, 5.74) is 3.18. The van der Waals surface area contributed by atoms with Gasteiger partial charge in [-0.05, 0) is 23.8 Å². The van der Waals surface area contributed by atoms with Gasteiger partial charge in [-0.2, -0.15) is 0 Å². The zero-order valence-electron chi connectivity index (χ0n) is 10.7. The van der Waals surface area contributed by atoms with Gasteiger partial charge in [0.05, 0.1) is 18.5 Å². The Kier molecular flexibility index (Phi) is 4.65. The van der Waals surface area contributed by atoms with Gasteiger partial charge in [-0.15, -0.1) is 0 Å². The number of benzene rings is 2. The Morgan fingerprint density at radius 3 is 2.58 bits per heavy atom. The van der Waals surface area contributed by atoms with Crippen molar-refractivity contribution in [2.45, 2.75) is 0 Å². The molecule has 2 N–H and O–H groups in total. The lowest BCUT2D eigenvalue weighted by Crippen LogP contribution is -1.96. The van der Waals surface area contributed by atoms with Crippen molar-refractivity contribution in [3.05, 3.63) is 48.3 Å². The van der Waals surface area contributed by atoms with Gasteiger partial charge in [-0.1, -0.05) is 24.3 Å². The summed E-state index contributed by atoms with van der Waals surface area (Å²) in [6.07, 6.45) is 0. The molecule has 0 unspecified atom stereocenters. The summed E-state index contributed by atoms with van der Waals surface area (Å²) in [4.78, 5) is 0. The minimum atomic E-state index is -0.225. The fourth-order valence-corrected chi connectivity index (χ4v) is 2.14. The summed E-state index contributed by atoms with van der Waals surface area (Å²) in [5.74, 6) is -0.225. The normalized spacial score (nSPS) is 10.3. The summed E-state index contributed by atoms with van der Waals surface area (Å²) in [6, 6.07) is 12.4. The highest BCUT2D eigenvalue weighted by molar-refractivity contribution is 7.96. The van der Waals surface area contributed by atoms with Crippen LogP contribution >= 0.6 is 12.2 Å². The molecule has 0 radical (unpaired) electrons. The van der Waals surface area contributed by atoms with Crippen LogP contribution in [-0.2, 0) is 4.18 Å². The minimum Gasteiger partial charge on any atom is -0.386 e. The van der Waals surface area contributed by atoms with Gasteiger partial charge in [0.15, 0.2) is 0 Å². The van der Waals surface area contributed by atoms with Crippen molar-refractivity contribution < 1.29 is 8.57 Å². The summed E-state index contributed by atoms with van der Waals surface area (Å²) >= 11 is 1.13. The molecule has 0 heterocycles. The van der Waals surface area contributed by atoms with E-state index in [2.05, 4.69) is 10.0 Å². The first-order valence-electron chi connectivity index (χ1n) is 5.78. The molecule has 0 bridgehead atoms. The Morgan fingerprint density at radius 1 is 1.11 bits per heavy atom. The maximum absolute atomic E-state index is 13.8. The molecule has 0 aliphatic heterocycles. The van der Waals surface area contributed by atoms with Crippen molar-refractivity contribution >= 4 is 23.6 Å². The molecular formula is C14H15FN2OS. The predicted octanol–water partition coefficient (Wildman–Crippen LogP) is 4.16. The highest BCUT2D eigenvalue weighted by atomic mass is 32.2. The van der Waals surface area contributed by atoms with Crippen LogP contribution in [0.5, 0.6) is 0 Å². The van der Waals surface area contributed by atoms with Gasteiger partial charge in [-0.3, -0.25) is 0 Å². The van der Waals surface area contributed by atoms with Gasteiger partial charge in [0.1, 0.15) is 18.0 Å². The fourth-order valence-electron chi connectivity index (χ4n) is 1.79. The van der Waals surface area contributed by atoms with Crippen molar-refractivity contribution in [3.8, 4) is 11.1 Å². The molecule has 100 valence electrons. The third kappa shape index (κ3) is 3.19. The molecule has 3 nitrogen and oxygen atoms in total. The van der Waals surface area contributed by atoms with E-state index in [0.29, 0.717) is 5.56 Å². The van der Waals surface area contributed by atoms with Crippen molar-refractivity contribution in [1.82, 2.24) is 0 Å². The molecule has 19 heavy (non-hydrogen) atoms. The van der Waals surface area contributed by atoms with Crippen molar-refractivity contribution in [2.75, 3.05) is 24.2 Å². The van der Waals surface area contributed by atoms with E-state index >= 15 is 0 Å². The Bertz CT molecular complexity index is 563. The van der Waals surface area contributed by atoms with Gasteiger partial charge in [0.25, 0.3) is 0 Å². The predicted molar refractivity (Wildman–Crippen MR) is 79.6 cm³/mol. The smallest absolute Gasteiger partial charge is 0.131 e. The Balaban J connectivity index is 2.36. The van der Waals surface area contributed by atoms with Crippen LogP contribution in [0.2, 0.25) is 0 Å². The SMILES string of the molecule is CNc1cc(-c2ccccc2F)ccc1NSOC. The second-order valence-electron chi connectivity index (χ2n) is 3.84. The van der Waals surface area contributed by atoms with Gasteiger partial charge >= 0.3 is 0 Å². The van der Waals surface area contributed by atoms with Crippen LogP contribution in [0.3, 0.4) is 0 Å². The first kappa shape index (κ1) is 13.7. The number of halogens is 1. The molecule has 0 aliphatic rings. The molecule has 0 aromatic heterocycles. The fraction of sp³-hybridized carbons (Fsp3) is 0.143. The Labute approximate surface area is 116 Å². The lowest BCUT2D eigenvalue weighted by atomic mass is 10.0. The number of anilines is 2. The van der Waals surface area contributed by atoms with E-state index in [-0.39, 0.29) is 5.82 Å². The average molecular weight is 278 g/mol.